The highest BCUT2D eigenvalue weighted by atomic mass is 16.8. The molecule has 31 nitrogen and oxygen atoms in total. The van der Waals surface area contributed by atoms with Crippen molar-refractivity contribution in [2.24, 2.45) is 0 Å². The van der Waals surface area contributed by atoms with Gasteiger partial charge in [-0.25, -0.2) is 9.59 Å². The molecule has 0 saturated carbocycles. The number of amides is 1. The number of hydrogen-bond donors (Lipinski definition) is 1. The Morgan fingerprint density at radius 3 is 1.20 bits per heavy atom. The molecule has 0 aromatic heterocycles. The second kappa shape index (κ2) is 35.6. The lowest BCUT2D eigenvalue weighted by atomic mass is 9.95. The minimum Gasteiger partial charge on any atom is -0.463 e. The number of carbonyl (C=O) groups is 12. The third-order valence-electron chi connectivity index (χ3n) is 14.9. The molecule has 3 heterocycles. The van der Waals surface area contributed by atoms with Gasteiger partial charge in [-0.2, -0.15) is 0 Å². The summed E-state index contributed by atoms with van der Waals surface area (Å²) in [6.45, 7) is 6.92. The first kappa shape index (κ1) is 75.0. The van der Waals surface area contributed by atoms with Gasteiger partial charge in [0.15, 0.2) is 61.6 Å². The minimum atomic E-state index is -2.11. The van der Waals surface area contributed by atoms with Crippen LogP contribution in [0.4, 0.5) is 4.79 Å². The van der Waals surface area contributed by atoms with Crippen LogP contribution in [-0.2, 0) is 145 Å². The van der Waals surface area contributed by atoms with E-state index in [0.29, 0.717) is 5.56 Å². The van der Waals surface area contributed by atoms with Gasteiger partial charge in [-0.3, -0.25) is 47.9 Å². The van der Waals surface area contributed by atoms with Gasteiger partial charge in [-0.05, 0) is 34.2 Å². The fourth-order valence-corrected chi connectivity index (χ4v) is 11.2. The van der Waals surface area contributed by atoms with Crippen LogP contribution in [0.25, 0.3) is 11.1 Å². The molecular weight excluding hydrogens is 1290 g/mol. The zero-order valence-electron chi connectivity index (χ0n) is 54.7. The average Bonchev–Trinajstić information content (AvgIpc) is 1.73. The van der Waals surface area contributed by atoms with Crippen molar-refractivity contribution in [2.45, 2.75) is 186 Å². The van der Waals surface area contributed by atoms with Crippen molar-refractivity contribution in [1.82, 2.24) is 5.32 Å². The van der Waals surface area contributed by atoms with Crippen LogP contribution in [0.3, 0.4) is 0 Å². The monoisotopic (exact) mass is 1360 g/mol. The predicted octanol–water partition coefficient (Wildman–Crippen LogP) is 3.76. The van der Waals surface area contributed by atoms with E-state index in [1.54, 1.807) is 30.3 Å². The van der Waals surface area contributed by atoms with Crippen LogP contribution in [0.2, 0.25) is 0 Å². The van der Waals surface area contributed by atoms with Gasteiger partial charge >= 0.3 is 71.8 Å². The lowest BCUT2D eigenvalue weighted by Gasteiger charge is -2.50. The fraction of sp³-hybridized carbons (Fsp3) is 0.515. The van der Waals surface area contributed by atoms with Gasteiger partial charge < -0.3 is 90.6 Å². The van der Waals surface area contributed by atoms with Crippen LogP contribution in [0.5, 0.6) is 0 Å². The minimum absolute atomic E-state index is 0.0658. The van der Waals surface area contributed by atoms with Gasteiger partial charge in [-0.15, -0.1) is 0 Å². The summed E-state index contributed by atoms with van der Waals surface area (Å²) in [5, 5.41) is 2.61. The van der Waals surface area contributed by atoms with Crippen LogP contribution < -0.4 is 5.32 Å². The normalized spacial score (nSPS) is 26.0. The van der Waals surface area contributed by atoms with Crippen molar-refractivity contribution < 1.29 is 143 Å². The quantitative estimate of drug-likeness (QED) is 0.0614. The molecule has 16 atom stereocenters. The number of benzene rings is 3. The molecule has 31 heteroatoms. The number of rotatable bonds is 28. The molecule has 1 aliphatic carbocycles. The van der Waals surface area contributed by atoms with Crippen LogP contribution in [0.15, 0.2) is 91.0 Å². The Morgan fingerprint density at radius 2 is 0.763 bits per heavy atom. The molecule has 3 fully saturated rings. The largest absolute Gasteiger partial charge is 0.463 e. The van der Waals surface area contributed by atoms with E-state index in [0.717, 1.165) is 91.5 Å². The standard InChI is InChI=1S/C66H77NO30/c1-33(68)81-30-50-53(86-36(4)71)56(87-37(5)72)60(91-41(9)76)64(94-50)97-55-52(32-83-35(3)70)95-65(61(92-42(10)77)58(55)89-39(7)74)96-54-51(31-82-34(2)69)93-63(59(90-40(8)75)57(54)88-38(6)73)80-27-19-18-26-49(62(78)84-28-43-20-12-11-13-21-43)67-66(79)85-29-48-46-24-16-14-22-44(46)45-23-15-17-25-47(45)48/h11-25,48-61,63-65H,26-32H2,1-10H3,(H,67,79)/b19-18+/t49-,50?,51?,52?,53-,54+,55-,56-,57-,58-,59?,60?,61?,63+,64+,65-/m0/s1. The molecule has 1 amide bonds. The molecule has 1 N–H and O–H groups in total. The maximum atomic E-state index is 13.8. The zero-order chi connectivity index (χ0) is 70.6. The number of esters is 11. The molecule has 4 aliphatic rings. The van der Waals surface area contributed by atoms with E-state index >= 15 is 0 Å². The van der Waals surface area contributed by atoms with Crippen LogP contribution in [0, 0.1) is 0 Å². The van der Waals surface area contributed by atoms with Gasteiger partial charge in [0.2, 0.25) is 0 Å². The van der Waals surface area contributed by atoms with Crippen molar-refractivity contribution in [2.75, 3.05) is 33.0 Å². The summed E-state index contributed by atoms with van der Waals surface area (Å²) in [5.41, 5.74) is 4.59. The summed E-state index contributed by atoms with van der Waals surface area (Å²) in [6.07, 6.45) is -26.0. The number of alkyl carbamates (subject to hydrolysis) is 1. The Morgan fingerprint density at radius 1 is 0.392 bits per heavy atom. The molecule has 3 saturated heterocycles. The summed E-state index contributed by atoms with van der Waals surface area (Å²) >= 11 is 0. The van der Waals surface area contributed by atoms with E-state index in [1.165, 1.54) is 12.2 Å². The maximum Gasteiger partial charge on any atom is 0.407 e. The van der Waals surface area contributed by atoms with E-state index in [1.807, 2.05) is 48.5 Å². The first-order chi connectivity index (χ1) is 46.2. The SMILES string of the molecule is CC(=O)OCC1O[C@@H](OC/C=C/C[C@H](NC(=O)OCC2c3ccccc3-c3ccccc32)C(=O)OCc2ccccc2)C(OC(C)=O)[C@@H](OC(C)=O)[C@@H]1O[C@@H]1OC(COC(C)=O)[C@H](O[C@H]2OC(COC(C)=O)[C@H](OC(C)=O)[C@H](OC(C)=O)C2OC(C)=O)[C@H](OC(C)=O)C1OC(C)=O. The Balaban J connectivity index is 1.18. The first-order valence-electron chi connectivity index (χ1n) is 30.6. The van der Waals surface area contributed by atoms with Crippen molar-refractivity contribution in [1.29, 1.82) is 0 Å². The summed E-state index contributed by atoms with van der Waals surface area (Å²) in [6, 6.07) is 23.0. The number of hydrogen-bond acceptors (Lipinski definition) is 30. The Labute approximate surface area is 556 Å². The number of fused-ring (bicyclic) bond motifs is 3. The van der Waals surface area contributed by atoms with Gasteiger partial charge in [-0.1, -0.05) is 91.0 Å². The third kappa shape index (κ3) is 21.5. The molecule has 0 radical (unpaired) electrons. The lowest BCUT2D eigenvalue weighted by molar-refractivity contribution is -0.379. The van der Waals surface area contributed by atoms with Crippen LogP contribution in [-0.4, -0.2) is 203 Å². The molecule has 0 bridgehead atoms. The summed E-state index contributed by atoms with van der Waals surface area (Å²) in [5.74, 6) is -11.0. The Bertz CT molecular complexity index is 3290. The maximum absolute atomic E-state index is 13.8. The van der Waals surface area contributed by atoms with Gasteiger partial charge in [0.1, 0.15) is 69.6 Å². The number of ether oxygens (including phenoxy) is 18. The van der Waals surface area contributed by atoms with Gasteiger partial charge in [0.25, 0.3) is 0 Å². The first-order valence-corrected chi connectivity index (χ1v) is 30.6. The second-order valence-corrected chi connectivity index (χ2v) is 22.4. The van der Waals surface area contributed by atoms with Crippen LogP contribution >= 0.6 is 0 Å². The zero-order valence-corrected chi connectivity index (χ0v) is 54.7. The van der Waals surface area contributed by atoms with Crippen molar-refractivity contribution >= 4 is 71.8 Å². The molecule has 3 aromatic carbocycles. The van der Waals surface area contributed by atoms with Gasteiger partial charge in [0.05, 0.1) is 6.61 Å². The molecular formula is C66H77NO30. The highest BCUT2D eigenvalue weighted by molar-refractivity contribution is 5.82. The van der Waals surface area contributed by atoms with Crippen molar-refractivity contribution in [3.8, 4) is 11.1 Å². The van der Waals surface area contributed by atoms with Crippen molar-refractivity contribution in [3.05, 3.63) is 108 Å². The average molecular weight is 1360 g/mol. The van der Waals surface area contributed by atoms with E-state index in [9.17, 15) is 57.5 Å². The van der Waals surface area contributed by atoms with E-state index in [2.05, 4.69) is 5.32 Å². The fourth-order valence-electron chi connectivity index (χ4n) is 11.2. The van der Waals surface area contributed by atoms with Crippen LogP contribution in [0.1, 0.15) is 98.3 Å². The summed E-state index contributed by atoms with van der Waals surface area (Å²) in [4.78, 5) is 156. The number of nitrogens with one attached hydrogen (secondary N) is 1. The smallest absolute Gasteiger partial charge is 0.407 e. The summed E-state index contributed by atoms with van der Waals surface area (Å²) < 4.78 is 105. The predicted molar refractivity (Wildman–Crippen MR) is 322 cm³/mol. The molecule has 526 valence electrons. The Kier molecular flexibility index (Phi) is 27.5. The van der Waals surface area contributed by atoms with E-state index in [-0.39, 0.29) is 25.6 Å². The molecule has 3 aromatic rings. The Hall–Kier alpha value is -9.40. The van der Waals surface area contributed by atoms with E-state index in [4.69, 9.17) is 85.3 Å². The molecule has 6 unspecified atom stereocenters. The lowest BCUT2D eigenvalue weighted by Crippen LogP contribution is -2.69. The topological polar surface area (TPSA) is 383 Å². The highest BCUT2D eigenvalue weighted by Gasteiger charge is 2.60. The van der Waals surface area contributed by atoms with Gasteiger partial charge in [0, 0.05) is 75.2 Å². The van der Waals surface area contributed by atoms with Crippen molar-refractivity contribution in [3.63, 3.8) is 0 Å². The molecule has 0 spiro atoms. The third-order valence-corrected chi connectivity index (χ3v) is 14.9. The molecule has 3 aliphatic heterocycles. The van der Waals surface area contributed by atoms with E-state index < -0.39 is 196 Å². The highest BCUT2D eigenvalue weighted by Crippen LogP contribution is 2.45. The molecule has 7 rings (SSSR count). The summed E-state index contributed by atoms with van der Waals surface area (Å²) in [7, 11) is 0. The second-order valence-electron chi connectivity index (χ2n) is 22.4. The molecule has 97 heavy (non-hydrogen) atoms. The number of carbonyl (C=O) groups excluding carboxylic acids is 12.